The molecule has 3 nitrogen and oxygen atoms in total. The smallest absolute Gasteiger partial charge is 0.135 e. The second-order valence-electron chi connectivity index (χ2n) is 4.04. The Bertz CT molecular complexity index is 561. The van der Waals surface area contributed by atoms with Crippen LogP contribution in [0.15, 0.2) is 12.1 Å². The molecule has 2 aromatic rings. The minimum atomic E-state index is 0.406. The van der Waals surface area contributed by atoms with Crippen molar-refractivity contribution >= 4 is 23.2 Å². The molecule has 17 heavy (non-hydrogen) atoms. The zero-order valence-corrected chi connectivity index (χ0v) is 11.5. The molecule has 0 atom stereocenters. The molecule has 0 amide bonds. The third-order valence-electron chi connectivity index (χ3n) is 2.96. The van der Waals surface area contributed by atoms with Crippen molar-refractivity contribution in [3.05, 3.63) is 45.0 Å². The van der Waals surface area contributed by atoms with Gasteiger partial charge in [-0.15, -0.1) is 0 Å². The third kappa shape index (κ3) is 2.45. The first kappa shape index (κ1) is 12.4. The topological polar surface area (TPSA) is 30.7 Å². The standard InChI is InChI=1S/C12H13Cl2N3/c1-7-8(2)16-17(9(7)3)6-10-4-5-11(13)15-12(10)14/h4-5H,6H2,1-3H3. The summed E-state index contributed by atoms with van der Waals surface area (Å²) in [5.41, 5.74) is 4.32. The lowest BCUT2D eigenvalue weighted by atomic mass is 10.2. The van der Waals surface area contributed by atoms with Gasteiger partial charge in [0.2, 0.25) is 0 Å². The normalized spacial score (nSPS) is 10.9. The summed E-state index contributed by atoms with van der Waals surface area (Å²) in [4.78, 5) is 4.02. The van der Waals surface area contributed by atoms with Gasteiger partial charge in [-0.1, -0.05) is 29.3 Å². The first-order chi connectivity index (χ1) is 7.99. The van der Waals surface area contributed by atoms with Crippen molar-refractivity contribution in [2.45, 2.75) is 27.3 Å². The third-order valence-corrected chi connectivity index (χ3v) is 3.49. The number of aromatic nitrogens is 3. The second-order valence-corrected chi connectivity index (χ2v) is 4.78. The van der Waals surface area contributed by atoms with Gasteiger partial charge in [-0.25, -0.2) is 4.98 Å². The molecular formula is C12H13Cl2N3. The van der Waals surface area contributed by atoms with Crippen LogP contribution in [0.2, 0.25) is 10.3 Å². The molecule has 5 heteroatoms. The van der Waals surface area contributed by atoms with Crippen molar-refractivity contribution in [1.82, 2.24) is 14.8 Å². The highest BCUT2D eigenvalue weighted by Crippen LogP contribution is 2.19. The molecule has 0 spiro atoms. The molecule has 0 saturated heterocycles. The van der Waals surface area contributed by atoms with E-state index in [0.717, 1.165) is 17.0 Å². The summed E-state index contributed by atoms with van der Waals surface area (Å²) >= 11 is 11.8. The lowest BCUT2D eigenvalue weighted by Gasteiger charge is -2.06. The zero-order chi connectivity index (χ0) is 12.6. The summed E-state index contributed by atoms with van der Waals surface area (Å²) in [6.07, 6.45) is 0. The van der Waals surface area contributed by atoms with Crippen molar-refractivity contribution in [3.63, 3.8) is 0 Å². The first-order valence-corrected chi connectivity index (χ1v) is 6.06. The highest BCUT2D eigenvalue weighted by Gasteiger charge is 2.10. The van der Waals surface area contributed by atoms with Crippen LogP contribution in [-0.2, 0) is 6.54 Å². The molecule has 0 aliphatic carbocycles. The van der Waals surface area contributed by atoms with E-state index in [9.17, 15) is 0 Å². The Labute approximate surface area is 110 Å². The van der Waals surface area contributed by atoms with Crippen molar-refractivity contribution in [2.24, 2.45) is 0 Å². The van der Waals surface area contributed by atoms with Crippen LogP contribution in [0.5, 0.6) is 0 Å². The van der Waals surface area contributed by atoms with Crippen LogP contribution in [0.4, 0.5) is 0 Å². The average molecular weight is 270 g/mol. The van der Waals surface area contributed by atoms with Gasteiger partial charge in [0.15, 0.2) is 0 Å². The maximum absolute atomic E-state index is 6.04. The van der Waals surface area contributed by atoms with Gasteiger partial charge < -0.3 is 0 Å². The van der Waals surface area contributed by atoms with E-state index in [2.05, 4.69) is 17.0 Å². The Morgan fingerprint density at radius 3 is 2.41 bits per heavy atom. The SMILES string of the molecule is Cc1nn(Cc2ccc(Cl)nc2Cl)c(C)c1C. The molecule has 90 valence electrons. The molecule has 0 bridgehead atoms. The Morgan fingerprint density at radius 1 is 1.18 bits per heavy atom. The van der Waals surface area contributed by atoms with Gasteiger partial charge in [-0.3, -0.25) is 4.68 Å². The van der Waals surface area contributed by atoms with Crippen LogP contribution in [0.25, 0.3) is 0 Å². The Morgan fingerprint density at radius 2 is 1.88 bits per heavy atom. The molecule has 0 saturated carbocycles. The molecule has 2 rings (SSSR count). The fraction of sp³-hybridized carbons (Fsp3) is 0.333. The Hall–Kier alpha value is -1.06. The van der Waals surface area contributed by atoms with Gasteiger partial charge >= 0.3 is 0 Å². The summed E-state index contributed by atoms with van der Waals surface area (Å²) in [6.45, 7) is 6.73. The fourth-order valence-electron chi connectivity index (χ4n) is 1.66. The van der Waals surface area contributed by atoms with Gasteiger partial charge in [-0.05, 0) is 32.4 Å². The largest absolute Gasteiger partial charge is 0.265 e. The number of halogens is 2. The monoisotopic (exact) mass is 269 g/mol. The van der Waals surface area contributed by atoms with Crippen molar-refractivity contribution < 1.29 is 0 Å². The van der Waals surface area contributed by atoms with Crippen molar-refractivity contribution in [3.8, 4) is 0 Å². The van der Waals surface area contributed by atoms with Gasteiger partial charge in [0.25, 0.3) is 0 Å². The van der Waals surface area contributed by atoms with E-state index in [0.29, 0.717) is 16.9 Å². The van der Waals surface area contributed by atoms with E-state index in [1.54, 1.807) is 6.07 Å². The maximum atomic E-state index is 6.04. The van der Waals surface area contributed by atoms with Crippen LogP contribution in [0, 0.1) is 20.8 Å². The highest BCUT2D eigenvalue weighted by molar-refractivity contribution is 6.32. The van der Waals surface area contributed by atoms with Crippen LogP contribution in [0.1, 0.15) is 22.5 Å². The molecule has 0 N–H and O–H groups in total. The molecule has 0 fully saturated rings. The average Bonchev–Trinajstić information content (AvgIpc) is 2.50. The Kier molecular flexibility index (Phi) is 3.40. The maximum Gasteiger partial charge on any atom is 0.135 e. The number of aryl methyl sites for hydroxylation is 1. The Balaban J connectivity index is 2.34. The number of pyridine rings is 1. The highest BCUT2D eigenvalue weighted by atomic mass is 35.5. The van der Waals surface area contributed by atoms with Crippen molar-refractivity contribution in [2.75, 3.05) is 0 Å². The van der Waals surface area contributed by atoms with E-state index in [1.165, 1.54) is 5.56 Å². The second kappa shape index (κ2) is 4.67. The van der Waals surface area contributed by atoms with Crippen LogP contribution < -0.4 is 0 Å². The van der Waals surface area contributed by atoms with E-state index in [-0.39, 0.29) is 0 Å². The predicted molar refractivity (Wildman–Crippen MR) is 69.8 cm³/mol. The van der Waals surface area contributed by atoms with Gasteiger partial charge in [-0.2, -0.15) is 5.10 Å². The van der Waals surface area contributed by atoms with E-state index >= 15 is 0 Å². The predicted octanol–water partition coefficient (Wildman–Crippen LogP) is 3.56. The number of hydrogen-bond donors (Lipinski definition) is 0. The lowest BCUT2D eigenvalue weighted by molar-refractivity contribution is 0.657. The number of hydrogen-bond acceptors (Lipinski definition) is 2. The van der Waals surface area contributed by atoms with E-state index in [1.807, 2.05) is 24.6 Å². The van der Waals surface area contributed by atoms with Gasteiger partial charge in [0.05, 0.1) is 12.2 Å². The summed E-state index contributed by atoms with van der Waals surface area (Å²) in [5, 5.41) is 5.30. The molecular weight excluding hydrogens is 257 g/mol. The number of rotatable bonds is 2. The van der Waals surface area contributed by atoms with Gasteiger partial charge in [0.1, 0.15) is 10.3 Å². The van der Waals surface area contributed by atoms with Gasteiger partial charge in [0, 0.05) is 11.3 Å². The molecule has 0 aliphatic heterocycles. The van der Waals surface area contributed by atoms with E-state index < -0.39 is 0 Å². The lowest BCUT2D eigenvalue weighted by Crippen LogP contribution is -2.05. The van der Waals surface area contributed by atoms with E-state index in [4.69, 9.17) is 23.2 Å². The number of nitrogens with zero attached hydrogens (tertiary/aromatic N) is 3. The summed E-state index contributed by atoms with van der Waals surface area (Å²) in [6, 6.07) is 3.62. The zero-order valence-electron chi connectivity index (χ0n) is 9.96. The van der Waals surface area contributed by atoms with Crippen LogP contribution in [-0.4, -0.2) is 14.8 Å². The first-order valence-electron chi connectivity index (χ1n) is 5.30. The molecule has 0 aromatic carbocycles. The van der Waals surface area contributed by atoms with Crippen molar-refractivity contribution in [1.29, 1.82) is 0 Å². The quantitative estimate of drug-likeness (QED) is 0.781. The molecule has 0 aliphatic rings. The molecule has 0 radical (unpaired) electrons. The van der Waals surface area contributed by atoms with Crippen LogP contribution >= 0.6 is 23.2 Å². The summed E-state index contributed by atoms with van der Waals surface area (Å²) in [5.74, 6) is 0. The summed E-state index contributed by atoms with van der Waals surface area (Å²) < 4.78 is 1.93. The molecule has 2 heterocycles. The molecule has 2 aromatic heterocycles. The minimum absolute atomic E-state index is 0.406. The minimum Gasteiger partial charge on any atom is -0.265 e. The molecule has 0 unspecified atom stereocenters. The van der Waals surface area contributed by atoms with Crippen LogP contribution in [0.3, 0.4) is 0 Å². The fourth-order valence-corrected chi connectivity index (χ4v) is 2.07. The summed E-state index contributed by atoms with van der Waals surface area (Å²) in [7, 11) is 0.